The summed E-state index contributed by atoms with van der Waals surface area (Å²) in [6.07, 6.45) is 63.0. The van der Waals surface area contributed by atoms with E-state index in [1.807, 2.05) is 0 Å². The fraction of sp³-hybridized carbons (Fsp3) is 0.895. The fourth-order valence-electron chi connectivity index (χ4n) is 8.63. The highest BCUT2D eigenvalue weighted by atomic mass is 16.5. The highest BCUT2D eigenvalue weighted by Crippen LogP contribution is 2.17. The normalized spacial score (nSPS) is 12.8. The molecule has 2 atom stereocenters. The number of esters is 1. The van der Waals surface area contributed by atoms with Gasteiger partial charge >= 0.3 is 5.97 Å². The summed E-state index contributed by atoms with van der Waals surface area (Å²) in [5, 5.41) is 23.3. The highest BCUT2D eigenvalue weighted by molar-refractivity contribution is 5.76. The third kappa shape index (κ3) is 49.6. The van der Waals surface area contributed by atoms with Crippen molar-refractivity contribution < 1.29 is 24.5 Å². The summed E-state index contributed by atoms with van der Waals surface area (Å²) in [7, 11) is 0. The van der Waals surface area contributed by atoms with E-state index in [0.717, 1.165) is 70.6 Å². The van der Waals surface area contributed by atoms with Gasteiger partial charge in [0.1, 0.15) is 0 Å². The number of ether oxygens (including phenoxy) is 1. The van der Waals surface area contributed by atoms with Gasteiger partial charge < -0.3 is 20.3 Å². The third-order valence-electron chi connectivity index (χ3n) is 13.0. The maximum Gasteiger partial charge on any atom is 0.305 e. The van der Waals surface area contributed by atoms with Gasteiger partial charge in [0.05, 0.1) is 25.4 Å². The Morgan fingerprint density at radius 1 is 0.429 bits per heavy atom. The Morgan fingerprint density at radius 3 is 1.13 bits per heavy atom. The number of aliphatic hydroxyl groups is 2. The van der Waals surface area contributed by atoms with Gasteiger partial charge in [0.2, 0.25) is 5.91 Å². The summed E-state index contributed by atoms with van der Waals surface area (Å²) in [5.74, 6) is -0.0672. The Labute approximate surface area is 392 Å². The number of carbonyl (C=O) groups is 2. The van der Waals surface area contributed by atoms with E-state index in [-0.39, 0.29) is 18.5 Å². The average Bonchev–Trinajstić information content (AvgIpc) is 3.28. The number of unbranched alkanes of at least 4 members (excludes halogenated alkanes) is 37. The van der Waals surface area contributed by atoms with Crippen molar-refractivity contribution in [1.29, 1.82) is 0 Å². The standard InChI is InChI=1S/C57H109NO5/c1-3-5-7-9-11-13-15-17-19-20-22-25-29-33-37-41-45-49-55(60)54(53-59)58-56(61)50-46-42-38-34-30-26-23-21-24-28-32-36-40-44-48-52-63-57(62)51-47-43-39-35-31-27-18-16-14-12-10-8-6-4-2/h16,18,24,28,54-55,59-60H,3-15,17,19-23,25-27,29-53H2,1-2H3,(H,58,61)/b18-16-,28-24-. The van der Waals surface area contributed by atoms with E-state index in [0.29, 0.717) is 25.9 Å². The second-order valence-electron chi connectivity index (χ2n) is 19.3. The molecule has 6 nitrogen and oxygen atoms in total. The molecule has 0 fully saturated rings. The van der Waals surface area contributed by atoms with Gasteiger partial charge in [-0.25, -0.2) is 0 Å². The number of aliphatic hydroxyl groups excluding tert-OH is 2. The zero-order valence-electron chi connectivity index (χ0n) is 42.3. The van der Waals surface area contributed by atoms with Crippen molar-refractivity contribution in [3.63, 3.8) is 0 Å². The van der Waals surface area contributed by atoms with E-state index in [1.165, 1.54) is 199 Å². The molecule has 63 heavy (non-hydrogen) atoms. The molecule has 0 heterocycles. The molecule has 0 aromatic carbocycles. The van der Waals surface area contributed by atoms with Crippen LogP contribution in [0, 0.1) is 0 Å². The van der Waals surface area contributed by atoms with E-state index in [9.17, 15) is 19.8 Å². The maximum atomic E-state index is 12.5. The van der Waals surface area contributed by atoms with Crippen molar-refractivity contribution in [2.45, 2.75) is 315 Å². The number of allylic oxidation sites excluding steroid dienone is 4. The Hall–Kier alpha value is -1.66. The van der Waals surface area contributed by atoms with Crippen LogP contribution in [-0.2, 0) is 14.3 Å². The molecule has 6 heteroatoms. The first-order valence-electron chi connectivity index (χ1n) is 28.1. The molecule has 3 N–H and O–H groups in total. The van der Waals surface area contributed by atoms with Crippen LogP contribution in [-0.4, -0.2) is 47.4 Å². The van der Waals surface area contributed by atoms with E-state index in [4.69, 9.17) is 4.74 Å². The Balaban J connectivity index is 3.48. The lowest BCUT2D eigenvalue weighted by atomic mass is 10.0. The van der Waals surface area contributed by atoms with Crippen LogP contribution in [0.25, 0.3) is 0 Å². The number of hydrogen-bond acceptors (Lipinski definition) is 5. The zero-order chi connectivity index (χ0) is 45.8. The summed E-state index contributed by atoms with van der Waals surface area (Å²) in [6, 6.07) is -0.553. The smallest absolute Gasteiger partial charge is 0.305 e. The molecule has 1 amide bonds. The first kappa shape index (κ1) is 61.3. The molecule has 372 valence electrons. The van der Waals surface area contributed by atoms with Crippen molar-refractivity contribution in [3.8, 4) is 0 Å². The van der Waals surface area contributed by atoms with Crippen molar-refractivity contribution >= 4 is 11.9 Å². The van der Waals surface area contributed by atoms with Gasteiger partial charge in [0.25, 0.3) is 0 Å². The lowest BCUT2D eigenvalue weighted by Gasteiger charge is -2.22. The Bertz CT molecular complexity index is 982. The molecule has 0 rings (SSSR count). The van der Waals surface area contributed by atoms with E-state index >= 15 is 0 Å². The lowest BCUT2D eigenvalue weighted by molar-refractivity contribution is -0.143. The Kier molecular flexibility index (Phi) is 51.6. The van der Waals surface area contributed by atoms with Gasteiger partial charge in [0, 0.05) is 12.8 Å². The summed E-state index contributed by atoms with van der Waals surface area (Å²) < 4.78 is 5.45. The minimum atomic E-state index is -0.674. The predicted molar refractivity (Wildman–Crippen MR) is 273 cm³/mol. The second kappa shape index (κ2) is 53.0. The summed E-state index contributed by atoms with van der Waals surface area (Å²) in [4.78, 5) is 24.5. The maximum absolute atomic E-state index is 12.5. The van der Waals surface area contributed by atoms with E-state index in [2.05, 4.69) is 43.5 Å². The molecule has 0 aromatic rings. The van der Waals surface area contributed by atoms with Gasteiger partial charge in [0.15, 0.2) is 0 Å². The van der Waals surface area contributed by atoms with Crippen LogP contribution in [0.3, 0.4) is 0 Å². The summed E-state index contributed by atoms with van der Waals surface area (Å²) in [6.45, 7) is 4.92. The first-order chi connectivity index (χ1) is 31.0. The average molecular weight is 889 g/mol. The predicted octanol–water partition coefficient (Wildman–Crippen LogP) is 17.1. The minimum Gasteiger partial charge on any atom is -0.466 e. The van der Waals surface area contributed by atoms with Crippen molar-refractivity contribution in [2.24, 2.45) is 0 Å². The van der Waals surface area contributed by atoms with Crippen LogP contribution in [0.2, 0.25) is 0 Å². The molecule has 0 bridgehead atoms. The van der Waals surface area contributed by atoms with Crippen LogP contribution in [0.15, 0.2) is 24.3 Å². The molecule has 0 aliphatic rings. The molecule has 0 saturated carbocycles. The largest absolute Gasteiger partial charge is 0.466 e. The van der Waals surface area contributed by atoms with Crippen molar-refractivity contribution in [2.75, 3.05) is 13.2 Å². The van der Waals surface area contributed by atoms with Gasteiger partial charge in [-0.05, 0) is 77.0 Å². The molecule has 2 unspecified atom stereocenters. The topological polar surface area (TPSA) is 95.9 Å². The van der Waals surface area contributed by atoms with Crippen LogP contribution in [0.1, 0.15) is 303 Å². The lowest BCUT2D eigenvalue weighted by Crippen LogP contribution is -2.45. The van der Waals surface area contributed by atoms with Crippen molar-refractivity contribution in [1.82, 2.24) is 5.32 Å². The number of rotatable bonds is 52. The molecule has 0 aliphatic heterocycles. The monoisotopic (exact) mass is 888 g/mol. The number of amides is 1. The van der Waals surface area contributed by atoms with Crippen LogP contribution in [0.4, 0.5) is 0 Å². The molecular weight excluding hydrogens is 779 g/mol. The molecular formula is C57H109NO5. The van der Waals surface area contributed by atoms with Crippen molar-refractivity contribution in [3.05, 3.63) is 24.3 Å². The molecule has 0 aromatic heterocycles. The van der Waals surface area contributed by atoms with E-state index in [1.54, 1.807) is 0 Å². The van der Waals surface area contributed by atoms with Crippen LogP contribution < -0.4 is 5.32 Å². The van der Waals surface area contributed by atoms with Gasteiger partial charge in [-0.1, -0.05) is 237 Å². The quantitative estimate of drug-likeness (QED) is 0.0321. The van der Waals surface area contributed by atoms with Crippen LogP contribution >= 0.6 is 0 Å². The second-order valence-corrected chi connectivity index (χ2v) is 19.3. The molecule has 0 saturated heterocycles. The van der Waals surface area contributed by atoms with Gasteiger partial charge in [-0.15, -0.1) is 0 Å². The van der Waals surface area contributed by atoms with Gasteiger partial charge in [-0.2, -0.15) is 0 Å². The number of nitrogens with one attached hydrogen (secondary N) is 1. The highest BCUT2D eigenvalue weighted by Gasteiger charge is 2.20. The number of hydrogen-bond donors (Lipinski definition) is 3. The van der Waals surface area contributed by atoms with Gasteiger partial charge in [-0.3, -0.25) is 9.59 Å². The van der Waals surface area contributed by atoms with E-state index < -0.39 is 12.1 Å². The third-order valence-corrected chi connectivity index (χ3v) is 13.0. The number of carbonyl (C=O) groups excluding carboxylic acids is 2. The van der Waals surface area contributed by atoms with Crippen LogP contribution in [0.5, 0.6) is 0 Å². The zero-order valence-corrected chi connectivity index (χ0v) is 42.3. The molecule has 0 radical (unpaired) electrons. The summed E-state index contributed by atoms with van der Waals surface area (Å²) in [5.41, 5.74) is 0. The Morgan fingerprint density at radius 2 is 0.746 bits per heavy atom. The first-order valence-corrected chi connectivity index (χ1v) is 28.1. The summed E-state index contributed by atoms with van der Waals surface area (Å²) >= 11 is 0. The SMILES string of the molecule is CCCCCCC/C=C\CCCCCCCC(=O)OCCCCCC/C=C\CCCCCCCCCC(=O)NC(CO)C(O)CCCCCCCCCCCCCCCCCCC. The fourth-order valence-corrected chi connectivity index (χ4v) is 8.63. The minimum absolute atomic E-state index is 0.0183. The molecule has 0 aliphatic carbocycles. The molecule has 0 spiro atoms.